The molecule has 2 aliphatic carbocycles. The fourth-order valence-electron chi connectivity index (χ4n) is 4.00. The molecule has 2 amide bonds. The van der Waals surface area contributed by atoms with E-state index in [1.54, 1.807) is 0 Å². The van der Waals surface area contributed by atoms with E-state index in [1.165, 1.54) is 0 Å². The Bertz CT molecular complexity index is 480. The first kappa shape index (κ1) is 13.3. The summed E-state index contributed by atoms with van der Waals surface area (Å²) in [4.78, 5) is 37.5. The van der Waals surface area contributed by atoms with E-state index in [2.05, 4.69) is 0 Å². The van der Waals surface area contributed by atoms with Crippen molar-refractivity contribution in [3.63, 3.8) is 0 Å². The van der Waals surface area contributed by atoms with Crippen LogP contribution in [0.25, 0.3) is 0 Å². The first-order valence-corrected chi connectivity index (χ1v) is 7.20. The fraction of sp³-hybridized carbons (Fsp3) is 0.667. The Morgan fingerprint density at radius 1 is 1.25 bits per heavy atom. The number of fused-ring (bicyclic) bond motifs is 5. The number of carbonyl (C=O) groups is 3. The first-order chi connectivity index (χ1) is 9.41. The molecule has 1 heterocycles. The second-order valence-electron chi connectivity index (χ2n) is 6.53. The van der Waals surface area contributed by atoms with Crippen LogP contribution >= 0.6 is 0 Å². The highest BCUT2D eigenvalue weighted by molar-refractivity contribution is 6.08. The van der Waals surface area contributed by atoms with Crippen LogP contribution in [-0.4, -0.2) is 33.8 Å². The summed E-state index contributed by atoms with van der Waals surface area (Å²) in [6, 6.07) is -1.01. The molecule has 0 aromatic heterocycles. The van der Waals surface area contributed by atoms with Crippen molar-refractivity contribution < 1.29 is 19.5 Å². The molecule has 1 N–H and O–H groups in total. The molecule has 5 heteroatoms. The quantitative estimate of drug-likeness (QED) is 0.620. The van der Waals surface area contributed by atoms with E-state index < -0.39 is 12.0 Å². The van der Waals surface area contributed by atoms with Crippen molar-refractivity contribution in [1.29, 1.82) is 0 Å². The van der Waals surface area contributed by atoms with Crippen LogP contribution in [0, 0.1) is 29.6 Å². The lowest BCUT2D eigenvalue weighted by molar-refractivity contribution is -0.156. The third-order valence-electron chi connectivity index (χ3n) is 4.80. The number of carboxylic acids is 1. The van der Waals surface area contributed by atoms with Crippen LogP contribution < -0.4 is 0 Å². The Kier molecular flexibility index (Phi) is 2.96. The van der Waals surface area contributed by atoms with Crippen LogP contribution in [0.3, 0.4) is 0 Å². The molecule has 3 aliphatic rings. The molecule has 0 aromatic rings. The smallest absolute Gasteiger partial charge is 0.326 e. The summed E-state index contributed by atoms with van der Waals surface area (Å²) in [6.45, 7) is 3.79. The number of aliphatic carboxylic acids is 1. The van der Waals surface area contributed by atoms with Gasteiger partial charge in [0, 0.05) is 0 Å². The highest BCUT2D eigenvalue weighted by atomic mass is 16.4. The predicted octanol–water partition coefficient (Wildman–Crippen LogP) is 1.29. The Morgan fingerprint density at radius 2 is 1.75 bits per heavy atom. The minimum Gasteiger partial charge on any atom is -0.480 e. The van der Waals surface area contributed by atoms with Crippen molar-refractivity contribution >= 4 is 17.8 Å². The van der Waals surface area contributed by atoms with Crippen molar-refractivity contribution in [2.24, 2.45) is 29.6 Å². The van der Waals surface area contributed by atoms with Crippen molar-refractivity contribution in [3.8, 4) is 0 Å². The van der Waals surface area contributed by atoms with Gasteiger partial charge in [0.15, 0.2) is 0 Å². The minimum absolute atomic E-state index is 0.118. The maximum atomic E-state index is 12.5. The zero-order valence-corrected chi connectivity index (χ0v) is 11.7. The first-order valence-electron chi connectivity index (χ1n) is 7.20. The molecule has 2 bridgehead atoms. The summed E-state index contributed by atoms with van der Waals surface area (Å²) in [6.07, 6.45) is 5.20. The number of rotatable bonds is 4. The lowest BCUT2D eigenvalue weighted by Crippen LogP contribution is -2.47. The molecule has 0 radical (unpaired) electrons. The minimum atomic E-state index is -1.08. The Morgan fingerprint density at radius 3 is 2.15 bits per heavy atom. The zero-order valence-electron chi connectivity index (χ0n) is 11.7. The molecule has 3 rings (SSSR count). The van der Waals surface area contributed by atoms with Gasteiger partial charge < -0.3 is 5.11 Å². The average Bonchev–Trinajstić information content (AvgIpc) is 3.01. The molecular formula is C15H19NO4. The van der Waals surface area contributed by atoms with Crippen LogP contribution in [-0.2, 0) is 14.4 Å². The van der Waals surface area contributed by atoms with Gasteiger partial charge in [0.1, 0.15) is 6.04 Å². The number of imide groups is 1. The molecule has 0 aromatic carbocycles. The number of carbonyl (C=O) groups excluding carboxylic acids is 2. The van der Waals surface area contributed by atoms with Crippen molar-refractivity contribution in [3.05, 3.63) is 12.2 Å². The largest absolute Gasteiger partial charge is 0.480 e. The second-order valence-corrected chi connectivity index (χ2v) is 6.53. The van der Waals surface area contributed by atoms with E-state index >= 15 is 0 Å². The molecule has 108 valence electrons. The number of likely N-dealkylation sites (tertiary alicyclic amines) is 1. The van der Waals surface area contributed by atoms with Crippen molar-refractivity contribution in [2.75, 3.05) is 0 Å². The summed E-state index contributed by atoms with van der Waals surface area (Å²) in [5.74, 6) is -1.89. The van der Waals surface area contributed by atoms with Gasteiger partial charge in [-0.3, -0.25) is 14.5 Å². The van der Waals surface area contributed by atoms with Gasteiger partial charge in [-0.05, 0) is 30.6 Å². The van der Waals surface area contributed by atoms with Gasteiger partial charge in [-0.2, -0.15) is 0 Å². The van der Waals surface area contributed by atoms with E-state index in [0.29, 0.717) is 6.42 Å². The van der Waals surface area contributed by atoms with Gasteiger partial charge in [0.25, 0.3) is 0 Å². The Balaban J connectivity index is 1.90. The maximum Gasteiger partial charge on any atom is 0.326 e. The van der Waals surface area contributed by atoms with E-state index in [4.69, 9.17) is 0 Å². The fourth-order valence-corrected chi connectivity index (χ4v) is 4.00. The molecule has 2 fully saturated rings. The highest BCUT2D eigenvalue weighted by Gasteiger charge is 2.61. The van der Waals surface area contributed by atoms with Gasteiger partial charge >= 0.3 is 5.97 Å². The molecule has 0 unspecified atom stereocenters. The Labute approximate surface area is 117 Å². The topological polar surface area (TPSA) is 74.7 Å². The van der Waals surface area contributed by atoms with Gasteiger partial charge in [-0.1, -0.05) is 26.0 Å². The van der Waals surface area contributed by atoms with Gasteiger partial charge in [0.05, 0.1) is 11.8 Å². The summed E-state index contributed by atoms with van der Waals surface area (Å²) >= 11 is 0. The molecule has 20 heavy (non-hydrogen) atoms. The molecular weight excluding hydrogens is 258 g/mol. The van der Waals surface area contributed by atoms with E-state index in [9.17, 15) is 19.5 Å². The van der Waals surface area contributed by atoms with Gasteiger partial charge in [-0.15, -0.1) is 0 Å². The number of allylic oxidation sites excluding steroid dienone is 2. The van der Waals surface area contributed by atoms with Crippen molar-refractivity contribution in [1.82, 2.24) is 4.90 Å². The summed E-state index contributed by atoms with van der Waals surface area (Å²) in [5.41, 5.74) is 0. The zero-order chi connectivity index (χ0) is 14.6. The molecule has 1 aliphatic heterocycles. The van der Waals surface area contributed by atoms with Crippen LogP contribution in [0.15, 0.2) is 12.2 Å². The third kappa shape index (κ3) is 1.72. The number of amides is 2. The lowest BCUT2D eigenvalue weighted by atomic mass is 9.85. The van der Waals surface area contributed by atoms with Gasteiger partial charge in [0.2, 0.25) is 11.8 Å². The number of carboxylic acid groups (broad SMARTS) is 1. The standard InChI is InChI=1S/C15H19NO4/c1-7(2)5-10(15(19)20)16-13(17)11-8-3-4-9(6-8)12(11)14(16)18/h3-4,7-12H,5-6H2,1-2H3,(H,19,20)/t8-,9+,10-,11+,12-/m0/s1. The lowest BCUT2D eigenvalue weighted by Gasteiger charge is -2.25. The molecule has 5 nitrogen and oxygen atoms in total. The summed E-state index contributed by atoms with van der Waals surface area (Å²) in [5, 5.41) is 9.37. The molecule has 1 saturated heterocycles. The van der Waals surface area contributed by atoms with Gasteiger partial charge in [-0.25, -0.2) is 4.79 Å². The molecule has 0 spiro atoms. The molecule has 1 saturated carbocycles. The van der Waals surface area contributed by atoms with Crippen LogP contribution in [0.5, 0.6) is 0 Å². The normalized spacial score (nSPS) is 36.0. The predicted molar refractivity (Wildman–Crippen MR) is 70.4 cm³/mol. The third-order valence-corrected chi connectivity index (χ3v) is 4.80. The number of nitrogens with zero attached hydrogens (tertiary/aromatic N) is 1. The van der Waals surface area contributed by atoms with E-state index in [-0.39, 0.29) is 41.4 Å². The second kappa shape index (κ2) is 4.43. The molecule has 5 atom stereocenters. The number of hydrogen-bond donors (Lipinski definition) is 1. The van der Waals surface area contributed by atoms with E-state index in [0.717, 1.165) is 11.3 Å². The Hall–Kier alpha value is -1.65. The summed E-state index contributed by atoms with van der Waals surface area (Å²) < 4.78 is 0. The summed E-state index contributed by atoms with van der Waals surface area (Å²) in [7, 11) is 0. The monoisotopic (exact) mass is 277 g/mol. The number of hydrogen-bond acceptors (Lipinski definition) is 3. The van der Waals surface area contributed by atoms with Crippen LogP contribution in [0.4, 0.5) is 0 Å². The van der Waals surface area contributed by atoms with E-state index in [1.807, 2.05) is 26.0 Å². The van der Waals surface area contributed by atoms with Crippen molar-refractivity contribution in [2.45, 2.75) is 32.7 Å². The highest BCUT2D eigenvalue weighted by Crippen LogP contribution is 2.53. The van der Waals surface area contributed by atoms with Crippen LogP contribution in [0.2, 0.25) is 0 Å². The maximum absolute atomic E-state index is 12.5. The average molecular weight is 277 g/mol. The van der Waals surface area contributed by atoms with Crippen LogP contribution in [0.1, 0.15) is 26.7 Å². The SMILES string of the molecule is CC(C)C[C@@H](C(=O)O)N1C(=O)[C@@H]2[C@H](C1=O)[C@H]1C=C[C@@H]2C1.